The van der Waals surface area contributed by atoms with Crippen molar-refractivity contribution in [2.75, 3.05) is 12.4 Å². The highest BCUT2D eigenvalue weighted by Crippen LogP contribution is 2.23. The van der Waals surface area contributed by atoms with Crippen LogP contribution >= 0.6 is 22.6 Å². The Morgan fingerprint density at radius 2 is 2.25 bits per heavy atom. The van der Waals surface area contributed by atoms with Crippen molar-refractivity contribution in [2.24, 2.45) is 0 Å². The number of H-pyrrole nitrogens is 1. The van der Waals surface area contributed by atoms with E-state index in [1.165, 1.54) is 14.5 Å². The second kappa shape index (κ2) is 2.97. The highest BCUT2D eigenvalue weighted by Gasteiger charge is 2.00. The fourth-order valence-electron chi connectivity index (χ4n) is 1.27. The van der Waals surface area contributed by atoms with Gasteiger partial charge in [-0.25, -0.2) is 0 Å². The van der Waals surface area contributed by atoms with Crippen molar-refractivity contribution in [3.8, 4) is 0 Å². The summed E-state index contributed by atoms with van der Waals surface area (Å²) in [6.45, 7) is 0. The lowest BCUT2D eigenvalue weighted by Gasteiger charge is -2.01. The van der Waals surface area contributed by atoms with Crippen molar-refractivity contribution in [3.63, 3.8) is 0 Å². The van der Waals surface area contributed by atoms with E-state index >= 15 is 0 Å². The summed E-state index contributed by atoms with van der Waals surface area (Å²) in [6.07, 6.45) is 1.96. The minimum absolute atomic E-state index is 1.15. The Kier molecular flexibility index (Phi) is 1.96. The van der Waals surface area contributed by atoms with Gasteiger partial charge in [-0.15, -0.1) is 0 Å². The van der Waals surface area contributed by atoms with E-state index in [2.05, 4.69) is 51.1 Å². The van der Waals surface area contributed by atoms with Gasteiger partial charge in [-0.2, -0.15) is 0 Å². The number of benzene rings is 1. The third-order valence-electron chi connectivity index (χ3n) is 1.91. The second-order valence-corrected chi connectivity index (χ2v) is 3.81. The summed E-state index contributed by atoms with van der Waals surface area (Å²) in [5.74, 6) is 0. The molecule has 62 valence electrons. The van der Waals surface area contributed by atoms with Gasteiger partial charge in [-0.3, -0.25) is 0 Å². The normalized spacial score (nSPS) is 10.5. The van der Waals surface area contributed by atoms with Crippen molar-refractivity contribution < 1.29 is 0 Å². The summed E-state index contributed by atoms with van der Waals surface area (Å²) in [5, 5.41) is 4.41. The largest absolute Gasteiger partial charge is 0.388 e. The summed E-state index contributed by atoms with van der Waals surface area (Å²) in [4.78, 5) is 3.19. The summed E-state index contributed by atoms with van der Waals surface area (Å²) in [6, 6.07) is 6.34. The van der Waals surface area contributed by atoms with Crippen molar-refractivity contribution >= 4 is 39.2 Å². The van der Waals surface area contributed by atoms with Gasteiger partial charge in [0.15, 0.2) is 0 Å². The molecule has 0 aliphatic rings. The van der Waals surface area contributed by atoms with E-state index in [1.54, 1.807) is 0 Å². The molecule has 0 spiro atoms. The van der Waals surface area contributed by atoms with Crippen LogP contribution in [0.25, 0.3) is 10.9 Å². The monoisotopic (exact) mass is 272 g/mol. The highest BCUT2D eigenvalue weighted by molar-refractivity contribution is 14.1. The number of aromatic nitrogens is 1. The average molecular weight is 272 g/mol. The van der Waals surface area contributed by atoms with Crippen LogP contribution in [-0.4, -0.2) is 12.0 Å². The van der Waals surface area contributed by atoms with Crippen LogP contribution in [0.15, 0.2) is 24.4 Å². The number of anilines is 1. The molecule has 3 heteroatoms. The first kappa shape index (κ1) is 7.91. The fourth-order valence-corrected chi connectivity index (χ4v) is 2.07. The smallest absolute Gasteiger partial charge is 0.0485 e. The Morgan fingerprint density at radius 1 is 1.42 bits per heavy atom. The standard InChI is InChI=1S/C9H9IN2/c1-11-6-4-8(10)7-2-3-12-9(7)5-6/h2-5,11-12H,1H3. The molecule has 2 rings (SSSR count). The van der Waals surface area contributed by atoms with E-state index in [-0.39, 0.29) is 0 Å². The second-order valence-electron chi connectivity index (χ2n) is 2.65. The molecule has 0 radical (unpaired) electrons. The molecule has 1 aromatic carbocycles. The van der Waals surface area contributed by atoms with E-state index in [9.17, 15) is 0 Å². The van der Waals surface area contributed by atoms with Gasteiger partial charge in [0.25, 0.3) is 0 Å². The van der Waals surface area contributed by atoms with Gasteiger partial charge in [0, 0.05) is 33.4 Å². The topological polar surface area (TPSA) is 27.8 Å². The van der Waals surface area contributed by atoms with Crippen LogP contribution in [0.5, 0.6) is 0 Å². The van der Waals surface area contributed by atoms with Crippen LogP contribution in [-0.2, 0) is 0 Å². The zero-order chi connectivity index (χ0) is 8.55. The van der Waals surface area contributed by atoms with Gasteiger partial charge in [0.1, 0.15) is 0 Å². The minimum atomic E-state index is 1.15. The number of aromatic amines is 1. The molecule has 0 atom stereocenters. The number of hydrogen-bond acceptors (Lipinski definition) is 1. The Morgan fingerprint density at radius 3 is 3.00 bits per heavy atom. The van der Waals surface area contributed by atoms with Gasteiger partial charge in [-0.05, 0) is 40.8 Å². The maximum absolute atomic E-state index is 3.19. The van der Waals surface area contributed by atoms with Gasteiger partial charge in [0.05, 0.1) is 0 Å². The minimum Gasteiger partial charge on any atom is -0.388 e. The molecule has 0 saturated heterocycles. The molecule has 2 N–H and O–H groups in total. The number of fused-ring (bicyclic) bond motifs is 1. The predicted molar refractivity (Wildman–Crippen MR) is 60.6 cm³/mol. The maximum Gasteiger partial charge on any atom is 0.0485 e. The van der Waals surface area contributed by atoms with Crippen LogP contribution in [0.3, 0.4) is 0 Å². The lowest BCUT2D eigenvalue weighted by atomic mass is 10.2. The van der Waals surface area contributed by atoms with Crippen molar-refractivity contribution in [1.82, 2.24) is 4.98 Å². The van der Waals surface area contributed by atoms with Gasteiger partial charge in [-0.1, -0.05) is 0 Å². The number of halogens is 1. The predicted octanol–water partition coefficient (Wildman–Crippen LogP) is 2.81. The number of hydrogen-bond donors (Lipinski definition) is 2. The van der Waals surface area contributed by atoms with Crippen LogP contribution in [0.1, 0.15) is 0 Å². The molecule has 0 amide bonds. The van der Waals surface area contributed by atoms with Crippen LogP contribution in [0, 0.1) is 3.57 Å². The Balaban J connectivity index is 2.75. The molecule has 12 heavy (non-hydrogen) atoms. The molecule has 2 aromatic rings. The Labute approximate surface area is 84.5 Å². The van der Waals surface area contributed by atoms with E-state index in [4.69, 9.17) is 0 Å². The summed E-state index contributed by atoms with van der Waals surface area (Å²) < 4.78 is 1.27. The molecular weight excluding hydrogens is 263 g/mol. The first-order valence-corrected chi connectivity index (χ1v) is 4.83. The van der Waals surface area contributed by atoms with E-state index < -0.39 is 0 Å². The van der Waals surface area contributed by atoms with Crippen molar-refractivity contribution in [1.29, 1.82) is 0 Å². The highest BCUT2D eigenvalue weighted by atomic mass is 127. The van der Waals surface area contributed by atoms with Crippen LogP contribution in [0.4, 0.5) is 5.69 Å². The van der Waals surface area contributed by atoms with Crippen molar-refractivity contribution in [3.05, 3.63) is 28.0 Å². The number of nitrogens with one attached hydrogen (secondary N) is 2. The molecule has 2 nitrogen and oxygen atoms in total. The van der Waals surface area contributed by atoms with Crippen LogP contribution in [0.2, 0.25) is 0 Å². The first-order chi connectivity index (χ1) is 5.81. The molecule has 0 unspecified atom stereocenters. The maximum atomic E-state index is 3.19. The van der Waals surface area contributed by atoms with Gasteiger partial charge in [0.2, 0.25) is 0 Å². The molecule has 0 aliphatic heterocycles. The lowest BCUT2D eigenvalue weighted by Crippen LogP contribution is -1.88. The average Bonchev–Trinajstić information content (AvgIpc) is 2.52. The van der Waals surface area contributed by atoms with Gasteiger partial charge >= 0.3 is 0 Å². The molecular formula is C9H9IN2. The zero-order valence-corrected chi connectivity index (χ0v) is 8.84. The first-order valence-electron chi connectivity index (χ1n) is 3.75. The molecule has 0 saturated carbocycles. The Bertz CT molecular complexity index is 406. The fraction of sp³-hybridized carbons (Fsp3) is 0.111. The summed E-state index contributed by atoms with van der Waals surface area (Å²) >= 11 is 2.34. The summed E-state index contributed by atoms with van der Waals surface area (Å²) in [5.41, 5.74) is 2.33. The molecule has 0 fully saturated rings. The van der Waals surface area contributed by atoms with Gasteiger partial charge < -0.3 is 10.3 Å². The van der Waals surface area contributed by atoms with Crippen molar-refractivity contribution in [2.45, 2.75) is 0 Å². The summed E-state index contributed by atoms with van der Waals surface area (Å²) in [7, 11) is 1.93. The SMILES string of the molecule is CNc1cc(I)c2cc[nH]c2c1. The quantitative estimate of drug-likeness (QED) is 0.767. The number of rotatable bonds is 1. The Hall–Kier alpha value is -0.710. The van der Waals surface area contributed by atoms with E-state index in [0.717, 1.165) is 5.69 Å². The third-order valence-corrected chi connectivity index (χ3v) is 2.80. The molecule has 1 heterocycles. The third kappa shape index (κ3) is 1.18. The molecule has 0 bridgehead atoms. The lowest BCUT2D eigenvalue weighted by molar-refractivity contribution is 1.46. The van der Waals surface area contributed by atoms with Crippen LogP contribution < -0.4 is 5.32 Å². The van der Waals surface area contributed by atoms with E-state index in [1.807, 2.05) is 13.2 Å². The molecule has 0 aliphatic carbocycles. The van der Waals surface area contributed by atoms with E-state index in [0.29, 0.717) is 0 Å². The molecule has 1 aromatic heterocycles. The zero-order valence-electron chi connectivity index (χ0n) is 6.69.